The van der Waals surface area contributed by atoms with Crippen LogP contribution in [-0.2, 0) is 0 Å². The summed E-state index contributed by atoms with van der Waals surface area (Å²) in [4.78, 5) is 12.5. The average molecular weight is 300 g/mol. The maximum absolute atomic E-state index is 12.5. The molecule has 1 aliphatic heterocycles. The zero-order chi connectivity index (χ0) is 15.9. The van der Waals surface area contributed by atoms with Gasteiger partial charge in [0.05, 0.1) is 17.9 Å². The third-order valence-corrected chi connectivity index (χ3v) is 3.90. The molecule has 1 atom stereocenters. The van der Waals surface area contributed by atoms with Gasteiger partial charge in [-0.3, -0.25) is 4.79 Å². The molecule has 1 aromatic carbocycles. The Labute approximate surface area is 129 Å². The molecule has 1 unspecified atom stereocenters. The van der Waals surface area contributed by atoms with Crippen molar-refractivity contribution in [2.24, 2.45) is 0 Å². The number of benzene rings is 1. The number of ether oxygens (including phenoxy) is 1. The van der Waals surface area contributed by atoms with Crippen molar-refractivity contribution in [3.05, 3.63) is 47.4 Å². The smallest absolute Gasteiger partial charge is 0.255 e. The molecule has 22 heavy (non-hydrogen) atoms. The highest BCUT2D eigenvalue weighted by Gasteiger charge is 2.35. The molecule has 5 heteroatoms. The highest BCUT2D eigenvalue weighted by Crippen LogP contribution is 2.40. The molecule has 0 radical (unpaired) electrons. The molecular formula is C17H20N2O3. The molecule has 1 aliphatic rings. The summed E-state index contributed by atoms with van der Waals surface area (Å²) in [6.07, 6.45) is 2.19. The van der Waals surface area contributed by atoms with E-state index in [-0.39, 0.29) is 17.6 Å². The van der Waals surface area contributed by atoms with Crippen molar-refractivity contribution in [3.8, 4) is 5.75 Å². The van der Waals surface area contributed by atoms with Gasteiger partial charge in [0.2, 0.25) is 0 Å². The Morgan fingerprint density at radius 2 is 2.14 bits per heavy atom. The number of aryl methyl sites for hydroxylation is 1. The van der Waals surface area contributed by atoms with E-state index in [1.54, 1.807) is 19.1 Å². The first-order valence-electron chi connectivity index (χ1n) is 7.29. The second-order valence-corrected chi connectivity index (χ2v) is 6.28. The number of carbonyl (C=O) groups excluding carboxylic acids is 1. The summed E-state index contributed by atoms with van der Waals surface area (Å²) in [5.41, 5.74) is 7.64. The highest BCUT2D eigenvalue weighted by molar-refractivity contribution is 5.95. The fourth-order valence-corrected chi connectivity index (χ4v) is 2.86. The van der Waals surface area contributed by atoms with Crippen LogP contribution >= 0.6 is 0 Å². The third-order valence-electron chi connectivity index (χ3n) is 3.90. The standard InChI is InChI=1S/C17H20N2O3/c1-10-12(6-7-21-10)16(20)19-14-9-17(2,3)22-15-5-4-11(18)8-13(14)15/h4-8,14H,9,18H2,1-3H3,(H,19,20). The van der Waals surface area contributed by atoms with Crippen LogP contribution in [0.2, 0.25) is 0 Å². The number of nitrogens with one attached hydrogen (secondary N) is 1. The Morgan fingerprint density at radius 3 is 2.82 bits per heavy atom. The van der Waals surface area contributed by atoms with Crippen LogP contribution in [0.4, 0.5) is 5.69 Å². The molecule has 116 valence electrons. The number of nitrogens with two attached hydrogens (primary N) is 1. The SMILES string of the molecule is Cc1occc1C(=O)NC1CC(C)(C)Oc2ccc(N)cc21. The highest BCUT2D eigenvalue weighted by atomic mass is 16.5. The van der Waals surface area contributed by atoms with Gasteiger partial charge < -0.3 is 20.2 Å². The Hall–Kier alpha value is -2.43. The van der Waals surface area contributed by atoms with Gasteiger partial charge in [0, 0.05) is 17.7 Å². The molecule has 3 N–H and O–H groups in total. The molecule has 3 rings (SSSR count). The van der Waals surface area contributed by atoms with Gasteiger partial charge in [-0.25, -0.2) is 0 Å². The third kappa shape index (κ3) is 2.66. The minimum absolute atomic E-state index is 0.149. The van der Waals surface area contributed by atoms with E-state index in [4.69, 9.17) is 14.9 Å². The molecule has 1 aromatic heterocycles. The number of anilines is 1. The van der Waals surface area contributed by atoms with Gasteiger partial charge in [-0.05, 0) is 45.0 Å². The summed E-state index contributed by atoms with van der Waals surface area (Å²) in [5, 5.41) is 3.07. The lowest BCUT2D eigenvalue weighted by atomic mass is 9.89. The molecule has 5 nitrogen and oxygen atoms in total. The molecule has 0 saturated carbocycles. The number of rotatable bonds is 2. The van der Waals surface area contributed by atoms with E-state index in [0.717, 1.165) is 11.3 Å². The van der Waals surface area contributed by atoms with Crippen LogP contribution < -0.4 is 15.8 Å². The van der Waals surface area contributed by atoms with Crippen molar-refractivity contribution >= 4 is 11.6 Å². The molecule has 0 bridgehead atoms. The van der Waals surface area contributed by atoms with Gasteiger partial charge in [-0.1, -0.05) is 0 Å². The summed E-state index contributed by atoms with van der Waals surface area (Å²) in [5.74, 6) is 1.22. The van der Waals surface area contributed by atoms with Gasteiger partial charge in [-0.2, -0.15) is 0 Å². The Kier molecular flexibility index (Phi) is 3.35. The number of nitrogen functional groups attached to an aromatic ring is 1. The maximum atomic E-state index is 12.5. The number of amides is 1. The minimum Gasteiger partial charge on any atom is -0.487 e. The average Bonchev–Trinajstić information content (AvgIpc) is 2.85. The van der Waals surface area contributed by atoms with E-state index in [1.807, 2.05) is 26.0 Å². The second-order valence-electron chi connectivity index (χ2n) is 6.28. The van der Waals surface area contributed by atoms with Crippen molar-refractivity contribution in [2.45, 2.75) is 38.8 Å². The Morgan fingerprint density at radius 1 is 1.36 bits per heavy atom. The zero-order valence-electron chi connectivity index (χ0n) is 13.0. The minimum atomic E-state index is -0.355. The van der Waals surface area contributed by atoms with Crippen LogP contribution in [0.5, 0.6) is 5.75 Å². The summed E-state index contributed by atoms with van der Waals surface area (Å²) in [6, 6.07) is 7.05. The number of hydrogen-bond acceptors (Lipinski definition) is 4. The molecule has 2 aromatic rings. The summed E-state index contributed by atoms with van der Waals surface area (Å²) in [7, 11) is 0. The van der Waals surface area contributed by atoms with E-state index < -0.39 is 0 Å². The summed E-state index contributed by atoms with van der Waals surface area (Å²) >= 11 is 0. The largest absolute Gasteiger partial charge is 0.487 e. The molecule has 0 saturated heterocycles. The monoisotopic (exact) mass is 300 g/mol. The van der Waals surface area contributed by atoms with Crippen molar-refractivity contribution in [3.63, 3.8) is 0 Å². The normalized spacial score (nSPS) is 19.1. The fraction of sp³-hybridized carbons (Fsp3) is 0.353. The number of fused-ring (bicyclic) bond motifs is 1. The molecule has 0 aliphatic carbocycles. The van der Waals surface area contributed by atoms with Gasteiger partial charge in [-0.15, -0.1) is 0 Å². The molecular weight excluding hydrogens is 280 g/mol. The van der Waals surface area contributed by atoms with Crippen molar-refractivity contribution in [2.75, 3.05) is 5.73 Å². The first-order chi connectivity index (χ1) is 10.4. The van der Waals surface area contributed by atoms with E-state index in [0.29, 0.717) is 23.4 Å². The van der Waals surface area contributed by atoms with Crippen molar-refractivity contribution < 1.29 is 13.9 Å². The van der Waals surface area contributed by atoms with Gasteiger partial charge in [0.15, 0.2) is 0 Å². The molecule has 0 spiro atoms. The summed E-state index contributed by atoms with van der Waals surface area (Å²) in [6.45, 7) is 5.79. The lowest BCUT2D eigenvalue weighted by Crippen LogP contribution is -2.41. The van der Waals surface area contributed by atoms with Crippen LogP contribution in [0.25, 0.3) is 0 Å². The van der Waals surface area contributed by atoms with Gasteiger partial charge in [0.25, 0.3) is 5.91 Å². The van der Waals surface area contributed by atoms with Gasteiger partial charge >= 0.3 is 0 Å². The van der Waals surface area contributed by atoms with E-state index in [1.165, 1.54) is 6.26 Å². The topological polar surface area (TPSA) is 77.5 Å². The molecule has 2 heterocycles. The first kappa shape index (κ1) is 14.5. The van der Waals surface area contributed by atoms with E-state index in [2.05, 4.69) is 5.32 Å². The zero-order valence-corrected chi connectivity index (χ0v) is 13.0. The van der Waals surface area contributed by atoms with E-state index in [9.17, 15) is 4.79 Å². The number of carbonyl (C=O) groups is 1. The lowest BCUT2D eigenvalue weighted by Gasteiger charge is -2.38. The molecule has 1 amide bonds. The van der Waals surface area contributed by atoms with Crippen LogP contribution in [0, 0.1) is 6.92 Å². The van der Waals surface area contributed by atoms with E-state index >= 15 is 0 Å². The van der Waals surface area contributed by atoms with Gasteiger partial charge in [0.1, 0.15) is 17.1 Å². The number of hydrogen-bond donors (Lipinski definition) is 2. The van der Waals surface area contributed by atoms with Crippen LogP contribution in [0.15, 0.2) is 34.9 Å². The predicted molar refractivity (Wildman–Crippen MR) is 83.8 cm³/mol. The molecule has 0 fully saturated rings. The van der Waals surface area contributed by atoms with Crippen molar-refractivity contribution in [1.29, 1.82) is 0 Å². The second kappa shape index (κ2) is 5.09. The Bertz CT molecular complexity index is 718. The first-order valence-corrected chi connectivity index (χ1v) is 7.29. The maximum Gasteiger partial charge on any atom is 0.255 e. The number of furan rings is 1. The van der Waals surface area contributed by atoms with Crippen LogP contribution in [0.3, 0.4) is 0 Å². The Balaban J connectivity index is 1.92. The van der Waals surface area contributed by atoms with Crippen LogP contribution in [-0.4, -0.2) is 11.5 Å². The van der Waals surface area contributed by atoms with Crippen LogP contribution in [0.1, 0.15) is 48.0 Å². The van der Waals surface area contributed by atoms with Crippen molar-refractivity contribution in [1.82, 2.24) is 5.32 Å². The summed E-state index contributed by atoms with van der Waals surface area (Å²) < 4.78 is 11.2. The predicted octanol–water partition coefficient (Wildman–Crippen LogP) is 3.20. The quantitative estimate of drug-likeness (QED) is 0.835. The fourth-order valence-electron chi connectivity index (χ4n) is 2.86. The lowest BCUT2D eigenvalue weighted by molar-refractivity contribution is 0.0619.